The van der Waals surface area contributed by atoms with Gasteiger partial charge in [0.2, 0.25) is 5.91 Å². The van der Waals surface area contributed by atoms with Gasteiger partial charge in [-0.1, -0.05) is 11.6 Å². The van der Waals surface area contributed by atoms with Crippen LogP contribution in [0.5, 0.6) is 0 Å². The van der Waals surface area contributed by atoms with Crippen LogP contribution in [0.4, 0.5) is 17.1 Å². The maximum atomic E-state index is 12.2. The van der Waals surface area contributed by atoms with E-state index in [1.54, 1.807) is 14.1 Å². The fourth-order valence-electron chi connectivity index (χ4n) is 2.56. The fourth-order valence-corrected chi connectivity index (χ4v) is 2.82. The topological polar surface area (TPSA) is 92.7 Å². The first kappa shape index (κ1) is 15.4. The van der Waals surface area contributed by atoms with Gasteiger partial charge in [-0.3, -0.25) is 14.9 Å². The number of benzene rings is 1. The van der Waals surface area contributed by atoms with E-state index in [0.717, 1.165) is 12.8 Å². The van der Waals surface area contributed by atoms with Crippen molar-refractivity contribution in [2.75, 3.05) is 31.3 Å². The number of halogens is 1. The highest BCUT2D eigenvalue weighted by atomic mass is 35.5. The summed E-state index contributed by atoms with van der Waals surface area (Å²) in [6.45, 7) is 0.668. The molecule has 0 aromatic heterocycles. The van der Waals surface area contributed by atoms with Gasteiger partial charge in [-0.2, -0.15) is 0 Å². The molecule has 0 radical (unpaired) electrons. The summed E-state index contributed by atoms with van der Waals surface area (Å²) in [5.74, 6) is -0.0134. The van der Waals surface area contributed by atoms with Crippen molar-refractivity contribution in [3.05, 3.63) is 27.3 Å². The van der Waals surface area contributed by atoms with Crippen LogP contribution in [0.15, 0.2) is 12.1 Å². The molecular formula is C13H17ClN4O3. The van der Waals surface area contributed by atoms with Gasteiger partial charge in [0.15, 0.2) is 0 Å². The summed E-state index contributed by atoms with van der Waals surface area (Å²) in [7, 11) is 3.40. The number of nitrogens with two attached hydrogens (primary N) is 1. The van der Waals surface area contributed by atoms with Gasteiger partial charge in [0, 0.05) is 26.7 Å². The lowest BCUT2D eigenvalue weighted by Crippen LogP contribution is -2.42. The van der Waals surface area contributed by atoms with E-state index < -0.39 is 4.92 Å². The maximum Gasteiger partial charge on any atom is 0.293 e. The summed E-state index contributed by atoms with van der Waals surface area (Å²) in [5, 5.41) is 11.1. The van der Waals surface area contributed by atoms with Crippen LogP contribution >= 0.6 is 11.6 Å². The minimum Gasteiger partial charge on any atom is -0.393 e. The van der Waals surface area contributed by atoms with Gasteiger partial charge >= 0.3 is 0 Å². The molecule has 0 unspecified atom stereocenters. The number of likely N-dealkylation sites (N-methyl/N-ethyl adjacent to an activating group) is 1. The molecule has 0 spiro atoms. The van der Waals surface area contributed by atoms with E-state index in [1.807, 2.05) is 4.90 Å². The molecule has 7 nitrogen and oxygen atoms in total. The summed E-state index contributed by atoms with van der Waals surface area (Å²) < 4.78 is 0. The second-order valence-corrected chi connectivity index (χ2v) is 5.61. The zero-order valence-electron chi connectivity index (χ0n) is 11.9. The normalized spacial score (nSPS) is 17.9. The summed E-state index contributed by atoms with van der Waals surface area (Å²) in [5.41, 5.74) is 6.11. The molecule has 21 heavy (non-hydrogen) atoms. The Morgan fingerprint density at radius 1 is 1.52 bits per heavy atom. The molecule has 2 rings (SSSR count). The van der Waals surface area contributed by atoms with Gasteiger partial charge in [0.25, 0.3) is 5.69 Å². The molecule has 1 fully saturated rings. The summed E-state index contributed by atoms with van der Waals surface area (Å²) in [4.78, 5) is 25.9. The monoisotopic (exact) mass is 312 g/mol. The lowest BCUT2D eigenvalue weighted by molar-refractivity contribution is -0.383. The Balaban J connectivity index is 2.39. The summed E-state index contributed by atoms with van der Waals surface area (Å²) in [6, 6.07) is 2.40. The molecule has 0 bridgehead atoms. The van der Waals surface area contributed by atoms with Crippen LogP contribution in [0, 0.1) is 10.1 Å². The standard InChI is InChI=1S/C13H17ClN4O3/c1-16(2)13(19)10-4-3-5-17(10)11-7-9(15)12(18(20)21)6-8(11)14/h6-7,10H,3-5,15H2,1-2H3/t10-/m1/s1. The van der Waals surface area contributed by atoms with Crippen LogP contribution in [-0.2, 0) is 4.79 Å². The predicted octanol–water partition coefficient (Wildman–Crippen LogP) is 1.89. The molecule has 1 aromatic rings. The van der Waals surface area contributed by atoms with E-state index in [0.29, 0.717) is 12.2 Å². The Kier molecular flexibility index (Phi) is 4.22. The number of carbonyl (C=O) groups excluding carboxylic acids is 1. The lowest BCUT2D eigenvalue weighted by atomic mass is 10.1. The number of hydrogen-bond donors (Lipinski definition) is 1. The van der Waals surface area contributed by atoms with Crippen LogP contribution in [0.2, 0.25) is 5.02 Å². The van der Waals surface area contributed by atoms with E-state index in [2.05, 4.69) is 0 Å². The average molecular weight is 313 g/mol. The van der Waals surface area contributed by atoms with Gasteiger partial charge in [-0.25, -0.2) is 0 Å². The third kappa shape index (κ3) is 2.87. The molecule has 1 amide bonds. The molecule has 1 aliphatic heterocycles. The number of nitrogens with zero attached hydrogens (tertiary/aromatic N) is 3. The molecule has 114 valence electrons. The van der Waals surface area contributed by atoms with Crippen molar-refractivity contribution >= 4 is 34.6 Å². The SMILES string of the molecule is CN(C)C(=O)[C@H]1CCCN1c1cc(N)c([N+](=O)[O-])cc1Cl. The van der Waals surface area contributed by atoms with Gasteiger partial charge in [0.1, 0.15) is 11.7 Å². The third-order valence-electron chi connectivity index (χ3n) is 3.58. The molecule has 2 N–H and O–H groups in total. The average Bonchev–Trinajstić information content (AvgIpc) is 2.88. The van der Waals surface area contributed by atoms with Gasteiger partial charge in [0.05, 0.1) is 15.6 Å². The highest BCUT2D eigenvalue weighted by molar-refractivity contribution is 6.33. The van der Waals surface area contributed by atoms with E-state index in [-0.39, 0.29) is 28.3 Å². The fraction of sp³-hybridized carbons (Fsp3) is 0.462. The van der Waals surface area contributed by atoms with Gasteiger partial charge < -0.3 is 15.5 Å². The highest BCUT2D eigenvalue weighted by Gasteiger charge is 2.33. The number of nitro groups is 1. The van der Waals surface area contributed by atoms with Crippen molar-refractivity contribution in [3.8, 4) is 0 Å². The Morgan fingerprint density at radius 2 is 2.19 bits per heavy atom. The number of rotatable bonds is 3. The lowest BCUT2D eigenvalue weighted by Gasteiger charge is -2.28. The molecule has 0 aliphatic carbocycles. The highest BCUT2D eigenvalue weighted by Crippen LogP contribution is 2.38. The Hall–Kier alpha value is -2.02. The maximum absolute atomic E-state index is 12.2. The molecule has 1 heterocycles. The number of nitrogen functional groups attached to an aromatic ring is 1. The predicted molar refractivity (Wildman–Crippen MR) is 81.6 cm³/mol. The first-order valence-corrected chi connectivity index (χ1v) is 6.92. The van der Waals surface area contributed by atoms with Crippen molar-refractivity contribution in [2.45, 2.75) is 18.9 Å². The second kappa shape index (κ2) is 5.77. The van der Waals surface area contributed by atoms with E-state index >= 15 is 0 Å². The number of carbonyl (C=O) groups is 1. The van der Waals surface area contributed by atoms with Crippen LogP contribution in [0.1, 0.15) is 12.8 Å². The zero-order chi connectivity index (χ0) is 15.7. The number of hydrogen-bond acceptors (Lipinski definition) is 5. The van der Waals surface area contributed by atoms with Gasteiger partial charge in [-0.15, -0.1) is 0 Å². The summed E-state index contributed by atoms with van der Waals surface area (Å²) >= 11 is 6.15. The van der Waals surface area contributed by atoms with Crippen molar-refractivity contribution < 1.29 is 9.72 Å². The Morgan fingerprint density at radius 3 is 2.76 bits per heavy atom. The smallest absolute Gasteiger partial charge is 0.293 e. The molecular weight excluding hydrogens is 296 g/mol. The van der Waals surface area contributed by atoms with E-state index in [1.165, 1.54) is 17.0 Å². The minimum absolute atomic E-state index is 0.0134. The first-order chi connectivity index (χ1) is 9.82. The molecule has 8 heteroatoms. The molecule has 1 aliphatic rings. The second-order valence-electron chi connectivity index (χ2n) is 5.20. The largest absolute Gasteiger partial charge is 0.393 e. The number of nitro benzene ring substituents is 1. The third-order valence-corrected chi connectivity index (χ3v) is 3.88. The molecule has 0 saturated carbocycles. The van der Waals surface area contributed by atoms with Gasteiger partial charge in [-0.05, 0) is 18.9 Å². The Labute approximate surface area is 127 Å². The first-order valence-electron chi connectivity index (χ1n) is 6.54. The molecule has 1 aromatic carbocycles. The van der Waals surface area contributed by atoms with Crippen molar-refractivity contribution in [1.82, 2.24) is 4.90 Å². The van der Waals surface area contributed by atoms with Crippen LogP contribution < -0.4 is 10.6 Å². The molecule has 1 atom stereocenters. The molecule has 1 saturated heterocycles. The van der Waals surface area contributed by atoms with E-state index in [9.17, 15) is 14.9 Å². The van der Waals surface area contributed by atoms with Crippen molar-refractivity contribution in [2.24, 2.45) is 0 Å². The zero-order valence-corrected chi connectivity index (χ0v) is 12.6. The van der Waals surface area contributed by atoms with Crippen LogP contribution in [-0.4, -0.2) is 42.4 Å². The van der Waals surface area contributed by atoms with Crippen LogP contribution in [0.25, 0.3) is 0 Å². The van der Waals surface area contributed by atoms with Crippen molar-refractivity contribution in [1.29, 1.82) is 0 Å². The van der Waals surface area contributed by atoms with Crippen LogP contribution in [0.3, 0.4) is 0 Å². The number of anilines is 2. The Bertz CT molecular complexity index is 591. The van der Waals surface area contributed by atoms with E-state index in [4.69, 9.17) is 17.3 Å². The number of amides is 1. The van der Waals surface area contributed by atoms with Crippen molar-refractivity contribution in [3.63, 3.8) is 0 Å². The summed E-state index contributed by atoms with van der Waals surface area (Å²) in [6.07, 6.45) is 1.59. The quantitative estimate of drug-likeness (QED) is 0.522. The minimum atomic E-state index is -0.572.